The number of alkyl carbamates (subject to hydrolysis) is 1. The molecule has 0 spiro atoms. The predicted molar refractivity (Wildman–Crippen MR) is 168 cm³/mol. The van der Waals surface area contributed by atoms with Crippen LogP contribution in [0.3, 0.4) is 0 Å². The highest BCUT2D eigenvalue weighted by Gasteiger charge is 2.33. The van der Waals surface area contributed by atoms with Crippen molar-refractivity contribution in [3.05, 3.63) is 108 Å². The van der Waals surface area contributed by atoms with Gasteiger partial charge in [0, 0.05) is 25.1 Å². The van der Waals surface area contributed by atoms with Crippen LogP contribution in [0.2, 0.25) is 0 Å². The Labute approximate surface area is 255 Å². The second-order valence-corrected chi connectivity index (χ2v) is 11.5. The zero-order valence-electron chi connectivity index (χ0n) is 25.0. The molecule has 1 amide bonds. The molecule has 228 valence electrons. The normalized spacial score (nSPS) is 21.4. The van der Waals surface area contributed by atoms with Crippen molar-refractivity contribution in [1.82, 2.24) is 10.2 Å². The van der Waals surface area contributed by atoms with Gasteiger partial charge in [-0.2, -0.15) is 0 Å². The Balaban J connectivity index is 1.34. The molecule has 2 aliphatic rings. The third-order valence-electron chi connectivity index (χ3n) is 8.21. The van der Waals surface area contributed by atoms with Gasteiger partial charge in [-0.1, -0.05) is 92.6 Å². The third-order valence-corrected chi connectivity index (χ3v) is 8.21. The van der Waals surface area contributed by atoms with Crippen LogP contribution in [0.25, 0.3) is 11.1 Å². The van der Waals surface area contributed by atoms with E-state index in [1.165, 1.54) is 32.1 Å². The van der Waals surface area contributed by atoms with E-state index in [9.17, 15) is 9.90 Å². The number of nitrogens with one attached hydrogen (secondary N) is 1. The number of nitrogens with zero attached hydrogens (tertiary/aromatic N) is 1. The molecular weight excluding hydrogens is 540 g/mol. The van der Waals surface area contributed by atoms with Gasteiger partial charge in [0.2, 0.25) is 0 Å². The maximum atomic E-state index is 11.9. The molecule has 0 aromatic heterocycles. The SMILES string of the molecule is C=CCOC(=O)NCc1cccc(-c2cccc([C@H]3O[C@@H](CN4CCCCCCC4)C[C@@H](c4ccc(CO)cc4)O3)c2)c1. The number of likely N-dealkylation sites (tertiary alicyclic amines) is 1. The van der Waals surface area contributed by atoms with Gasteiger partial charge < -0.3 is 29.5 Å². The van der Waals surface area contributed by atoms with E-state index in [2.05, 4.69) is 59.3 Å². The molecule has 2 N–H and O–H groups in total. The molecule has 0 saturated carbocycles. The van der Waals surface area contributed by atoms with Crippen LogP contribution >= 0.6 is 0 Å². The molecule has 43 heavy (non-hydrogen) atoms. The van der Waals surface area contributed by atoms with Crippen LogP contribution in [-0.4, -0.2) is 48.4 Å². The number of aliphatic hydroxyl groups excluding tert-OH is 1. The summed E-state index contributed by atoms with van der Waals surface area (Å²) >= 11 is 0. The smallest absolute Gasteiger partial charge is 0.407 e. The summed E-state index contributed by atoms with van der Waals surface area (Å²) in [6.07, 6.45) is 7.73. The van der Waals surface area contributed by atoms with Crippen molar-refractivity contribution in [2.75, 3.05) is 26.2 Å². The molecule has 3 atom stereocenters. The Morgan fingerprint density at radius 1 is 0.907 bits per heavy atom. The topological polar surface area (TPSA) is 80.3 Å². The lowest BCUT2D eigenvalue weighted by atomic mass is 9.98. The standard InChI is InChI=1S/C36H44N2O5/c1-2-20-41-36(40)37-24-28-10-8-11-30(21-28)31-12-9-13-32(22-31)35-42-33(25-38-18-6-4-3-5-7-19-38)23-34(43-35)29-16-14-27(26-39)15-17-29/h2,8-17,21-22,33-35,39H,1,3-7,18-20,23-26H2,(H,37,40)/t33-,34+,35+/m1/s1. The summed E-state index contributed by atoms with van der Waals surface area (Å²) in [4.78, 5) is 14.4. The van der Waals surface area contributed by atoms with Gasteiger partial charge in [-0.25, -0.2) is 4.79 Å². The maximum absolute atomic E-state index is 11.9. The van der Waals surface area contributed by atoms with Crippen LogP contribution in [0.15, 0.2) is 85.5 Å². The zero-order valence-corrected chi connectivity index (χ0v) is 25.0. The van der Waals surface area contributed by atoms with Crippen molar-refractivity contribution in [2.24, 2.45) is 0 Å². The average Bonchev–Trinajstić information content (AvgIpc) is 3.04. The molecule has 7 heteroatoms. The van der Waals surface area contributed by atoms with Crippen LogP contribution in [-0.2, 0) is 27.4 Å². The van der Waals surface area contributed by atoms with Crippen molar-refractivity contribution in [2.45, 2.75) is 70.2 Å². The molecule has 3 aromatic rings. The van der Waals surface area contributed by atoms with Crippen LogP contribution < -0.4 is 5.32 Å². The number of carbonyl (C=O) groups excluding carboxylic acids is 1. The number of rotatable bonds is 10. The lowest BCUT2D eigenvalue weighted by Gasteiger charge is -2.39. The van der Waals surface area contributed by atoms with Gasteiger partial charge in [0.1, 0.15) is 6.61 Å². The quantitative estimate of drug-likeness (QED) is 0.248. The molecule has 5 rings (SSSR count). The van der Waals surface area contributed by atoms with Crippen molar-refractivity contribution >= 4 is 6.09 Å². The number of aliphatic hydroxyl groups is 1. The molecule has 0 bridgehead atoms. The highest BCUT2D eigenvalue weighted by molar-refractivity contribution is 5.68. The molecule has 0 radical (unpaired) electrons. The van der Waals surface area contributed by atoms with E-state index in [1.807, 2.05) is 30.3 Å². The maximum Gasteiger partial charge on any atom is 0.407 e. The number of hydrogen-bond donors (Lipinski definition) is 2. The largest absolute Gasteiger partial charge is 0.445 e. The molecule has 0 unspecified atom stereocenters. The lowest BCUT2D eigenvalue weighted by molar-refractivity contribution is -0.253. The minimum atomic E-state index is -0.500. The summed E-state index contributed by atoms with van der Waals surface area (Å²) in [5.74, 6) is 0. The summed E-state index contributed by atoms with van der Waals surface area (Å²) in [5, 5.41) is 12.3. The second-order valence-electron chi connectivity index (χ2n) is 11.5. The summed E-state index contributed by atoms with van der Waals surface area (Å²) in [7, 11) is 0. The van der Waals surface area contributed by atoms with Crippen molar-refractivity contribution in [3.8, 4) is 11.1 Å². The van der Waals surface area contributed by atoms with Crippen molar-refractivity contribution in [3.63, 3.8) is 0 Å². The third kappa shape index (κ3) is 9.00. The first-order valence-corrected chi connectivity index (χ1v) is 15.5. The fourth-order valence-electron chi connectivity index (χ4n) is 5.90. The number of carbonyl (C=O) groups is 1. The second kappa shape index (κ2) is 15.8. The predicted octanol–water partition coefficient (Wildman–Crippen LogP) is 7.07. The first-order valence-electron chi connectivity index (χ1n) is 15.5. The van der Waals surface area contributed by atoms with E-state index < -0.39 is 12.4 Å². The Morgan fingerprint density at radius 3 is 2.37 bits per heavy atom. The summed E-state index contributed by atoms with van der Waals surface area (Å²) < 4.78 is 18.3. The molecule has 2 heterocycles. The van der Waals surface area contributed by atoms with E-state index in [0.717, 1.165) is 59.4 Å². The van der Waals surface area contributed by atoms with Gasteiger partial charge in [-0.15, -0.1) is 0 Å². The number of ether oxygens (including phenoxy) is 3. The Kier molecular flexibility index (Phi) is 11.4. The van der Waals surface area contributed by atoms with Crippen LogP contribution in [0.4, 0.5) is 4.79 Å². The fraction of sp³-hybridized carbons (Fsp3) is 0.417. The van der Waals surface area contributed by atoms with E-state index in [-0.39, 0.29) is 25.4 Å². The fourth-order valence-corrected chi connectivity index (χ4v) is 5.90. The highest BCUT2D eigenvalue weighted by atomic mass is 16.7. The van der Waals surface area contributed by atoms with Gasteiger partial charge in [-0.3, -0.25) is 0 Å². The molecular formula is C36H44N2O5. The minimum Gasteiger partial charge on any atom is -0.445 e. The molecule has 2 saturated heterocycles. The van der Waals surface area contributed by atoms with Gasteiger partial charge in [0.05, 0.1) is 18.8 Å². The van der Waals surface area contributed by atoms with E-state index in [0.29, 0.717) is 6.54 Å². The summed E-state index contributed by atoms with van der Waals surface area (Å²) in [6.45, 7) is 7.27. The van der Waals surface area contributed by atoms with E-state index in [4.69, 9.17) is 14.2 Å². The molecule has 2 aliphatic heterocycles. The average molecular weight is 585 g/mol. The first-order chi connectivity index (χ1) is 21.1. The number of benzene rings is 3. The Bertz CT molecular complexity index is 1320. The van der Waals surface area contributed by atoms with Crippen LogP contribution in [0, 0.1) is 0 Å². The monoisotopic (exact) mass is 584 g/mol. The van der Waals surface area contributed by atoms with Gasteiger partial charge >= 0.3 is 6.09 Å². The van der Waals surface area contributed by atoms with Crippen molar-refractivity contribution in [1.29, 1.82) is 0 Å². The van der Waals surface area contributed by atoms with E-state index >= 15 is 0 Å². The molecule has 0 aliphatic carbocycles. The lowest BCUT2D eigenvalue weighted by Crippen LogP contribution is -2.40. The molecule has 2 fully saturated rings. The Morgan fingerprint density at radius 2 is 1.63 bits per heavy atom. The zero-order chi connectivity index (χ0) is 29.9. The minimum absolute atomic E-state index is 0.0264. The number of hydrogen-bond acceptors (Lipinski definition) is 6. The summed E-state index contributed by atoms with van der Waals surface area (Å²) in [6, 6.07) is 24.5. The van der Waals surface area contributed by atoms with Crippen LogP contribution in [0.5, 0.6) is 0 Å². The first kappa shape index (κ1) is 31.0. The Hall–Kier alpha value is -3.49. The molecule has 3 aromatic carbocycles. The van der Waals surface area contributed by atoms with Gasteiger partial charge in [0.15, 0.2) is 6.29 Å². The molecule has 7 nitrogen and oxygen atoms in total. The van der Waals surface area contributed by atoms with Gasteiger partial charge in [-0.05, 0) is 65.9 Å². The van der Waals surface area contributed by atoms with Gasteiger partial charge in [0.25, 0.3) is 0 Å². The van der Waals surface area contributed by atoms with Crippen LogP contribution in [0.1, 0.15) is 73.2 Å². The number of amides is 1. The summed E-state index contributed by atoms with van der Waals surface area (Å²) in [5.41, 5.74) is 6.04. The van der Waals surface area contributed by atoms with E-state index in [1.54, 1.807) is 6.08 Å². The van der Waals surface area contributed by atoms with Crippen molar-refractivity contribution < 1.29 is 24.1 Å². The highest BCUT2D eigenvalue weighted by Crippen LogP contribution is 2.39.